The molecule has 8 aromatic rings. The van der Waals surface area contributed by atoms with Crippen LogP contribution in [0.2, 0.25) is 0 Å². The summed E-state index contributed by atoms with van der Waals surface area (Å²) in [6.07, 6.45) is 0.781. The van der Waals surface area contributed by atoms with Crippen LogP contribution in [-0.2, 0) is 38.2 Å². The zero-order chi connectivity index (χ0) is 67.5. The first-order valence-electron chi connectivity index (χ1n) is 30.6. The van der Waals surface area contributed by atoms with Crippen molar-refractivity contribution in [3.8, 4) is 22.5 Å². The van der Waals surface area contributed by atoms with E-state index in [1.54, 1.807) is 60.3 Å². The summed E-state index contributed by atoms with van der Waals surface area (Å²) in [5, 5.41) is 20.2. The number of anilines is 6. The molecule has 6 aromatic carbocycles. The lowest BCUT2D eigenvalue weighted by Crippen LogP contribution is -2.29. The van der Waals surface area contributed by atoms with Crippen molar-refractivity contribution in [2.24, 2.45) is 0 Å². The Morgan fingerprint density at radius 2 is 0.863 bits per heavy atom. The van der Waals surface area contributed by atoms with Gasteiger partial charge in [-0.05, 0) is 171 Å². The Labute approximate surface area is 553 Å². The molecule has 2 saturated heterocycles. The van der Waals surface area contributed by atoms with E-state index in [2.05, 4.69) is 45.8 Å². The molecule has 4 heterocycles. The number of benzene rings is 6. The van der Waals surface area contributed by atoms with Crippen molar-refractivity contribution < 1.29 is 65.0 Å². The second-order valence-corrected chi connectivity index (χ2v) is 24.6. The van der Waals surface area contributed by atoms with Crippen molar-refractivity contribution in [2.75, 3.05) is 75.9 Å². The normalized spacial score (nSPS) is 13.2. The molecule has 2 aliphatic rings. The van der Waals surface area contributed by atoms with Crippen LogP contribution in [-0.4, -0.2) is 95.4 Å². The standard InChI is InChI=1S/C36H35F3N4O4S.C35H33F3N4O4S/c1-47-33(44)14-18-48-23-24-7-5-8-25(19-24)35(46)42-31-12-11-29(43-16-3-2-4-17-43)22-30(31)32-21-28(13-15-40-32)41-34(45)26-9-6-10-27(20-26)36(37,38)39;36-35(37,38)26-9-5-8-25(19-26)33(45)40-27-12-14-39-31(20-27)29-21-28(42-15-2-1-3-16-42)10-11-30(29)41-34(46)24-7-4-6-23(18-24)22-47-17-13-32(43)44/h5-13,15,19-22H,2-4,14,16-18,23H2,1H3,(H,42,46)(H,40,41,45);4-12,14,18-21H,1-3,13,15-17,22H2,(H,41,46)(H,43,44)(H,39,40,45). The van der Waals surface area contributed by atoms with Gasteiger partial charge in [-0.25, -0.2) is 0 Å². The highest BCUT2D eigenvalue weighted by molar-refractivity contribution is 7.98. The van der Waals surface area contributed by atoms with Gasteiger partial charge in [0.2, 0.25) is 0 Å². The number of alkyl halides is 6. The molecule has 16 nitrogen and oxygen atoms in total. The quantitative estimate of drug-likeness (QED) is 0.0243. The number of aliphatic carboxylic acids is 1. The van der Waals surface area contributed by atoms with Crippen LogP contribution in [0.15, 0.2) is 170 Å². The average Bonchev–Trinajstić information content (AvgIpc) is 0.837. The SMILES string of the molecule is COC(=O)CCSCc1cccc(C(=O)Nc2ccc(N3CCCCC3)cc2-c2cc(NC(=O)c3cccc(C(F)(F)F)c3)ccn2)c1.O=C(O)CCSCc1cccc(C(=O)Nc2ccc(N3CCCCC3)cc2-c2cc(NC(=O)c3cccc(C(F)(F)F)c3)ccn2)c1. The molecular formula is C71H68F6N8O8S2. The van der Waals surface area contributed by atoms with Crippen molar-refractivity contribution in [1.29, 1.82) is 0 Å². The molecule has 0 aliphatic carbocycles. The number of hydrogen-bond acceptors (Lipinski definition) is 13. The zero-order valence-electron chi connectivity index (χ0n) is 51.7. The van der Waals surface area contributed by atoms with Gasteiger partial charge in [-0.2, -0.15) is 49.9 Å². The van der Waals surface area contributed by atoms with Gasteiger partial charge < -0.3 is 40.9 Å². The number of halogens is 6. The van der Waals surface area contributed by atoms with Gasteiger partial charge in [0.25, 0.3) is 23.6 Å². The number of carbonyl (C=O) groups is 6. The van der Waals surface area contributed by atoms with Crippen LogP contribution in [0.3, 0.4) is 0 Å². The Bertz CT molecular complexity index is 4050. The zero-order valence-corrected chi connectivity index (χ0v) is 53.3. The smallest absolute Gasteiger partial charge is 0.416 e. The molecule has 0 radical (unpaired) electrons. The third-order valence-electron chi connectivity index (χ3n) is 15.5. The molecule has 0 saturated carbocycles. The number of amides is 4. The van der Waals surface area contributed by atoms with Crippen LogP contribution < -0.4 is 31.1 Å². The molecule has 2 aliphatic heterocycles. The second-order valence-electron chi connectivity index (χ2n) is 22.4. The van der Waals surface area contributed by atoms with Crippen molar-refractivity contribution >= 4 is 93.2 Å². The van der Waals surface area contributed by atoms with Crippen molar-refractivity contribution in [1.82, 2.24) is 9.97 Å². The van der Waals surface area contributed by atoms with Crippen LogP contribution >= 0.6 is 23.5 Å². The van der Waals surface area contributed by atoms with Gasteiger partial charge >= 0.3 is 24.3 Å². The fourth-order valence-electron chi connectivity index (χ4n) is 10.6. The Hall–Kier alpha value is -9.68. The summed E-state index contributed by atoms with van der Waals surface area (Å²) in [5.41, 5.74) is 6.33. The van der Waals surface area contributed by atoms with E-state index in [-0.39, 0.29) is 35.3 Å². The number of nitrogens with zero attached hydrogens (tertiary/aromatic N) is 4. The van der Waals surface area contributed by atoms with Crippen molar-refractivity contribution in [3.63, 3.8) is 0 Å². The van der Waals surface area contributed by atoms with Gasteiger partial charge in [0, 0.05) is 118 Å². The lowest BCUT2D eigenvalue weighted by Gasteiger charge is -2.29. The monoisotopic (exact) mass is 1340 g/mol. The number of thioether (sulfide) groups is 2. The molecule has 0 unspecified atom stereocenters. The summed E-state index contributed by atoms with van der Waals surface area (Å²) < 4.78 is 84.0. The molecule has 4 amide bonds. The van der Waals surface area contributed by atoms with E-state index in [0.29, 0.717) is 85.8 Å². The fourth-order valence-corrected chi connectivity index (χ4v) is 12.3. The number of esters is 1. The minimum absolute atomic E-state index is 0.0607. The van der Waals surface area contributed by atoms with E-state index in [1.807, 2.05) is 60.7 Å². The number of carboxylic acids is 1. The molecule has 2 fully saturated rings. The second kappa shape index (κ2) is 32.9. The van der Waals surface area contributed by atoms with Gasteiger partial charge in [0.1, 0.15) is 0 Å². The molecule has 0 bridgehead atoms. The number of pyridine rings is 2. The number of methoxy groups -OCH3 is 1. The van der Waals surface area contributed by atoms with Crippen molar-refractivity contribution in [2.45, 2.75) is 75.2 Å². The molecule has 24 heteroatoms. The maximum Gasteiger partial charge on any atom is 0.416 e. The number of piperidine rings is 2. The van der Waals surface area contributed by atoms with Gasteiger partial charge in [0.05, 0.1) is 53.8 Å². The lowest BCUT2D eigenvalue weighted by atomic mass is 10.0. The first-order valence-corrected chi connectivity index (χ1v) is 32.9. The van der Waals surface area contributed by atoms with Crippen LogP contribution in [0, 0.1) is 0 Å². The molecule has 0 atom stereocenters. The van der Waals surface area contributed by atoms with Gasteiger partial charge in [-0.1, -0.05) is 36.4 Å². The first-order chi connectivity index (χ1) is 45.7. The highest BCUT2D eigenvalue weighted by atomic mass is 32.2. The largest absolute Gasteiger partial charge is 0.481 e. The predicted octanol–water partition coefficient (Wildman–Crippen LogP) is 16.0. The van der Waals surface area contributed by atoms with Crippen LogP contribution in [0.5, 0.6) is 0 Å². The maximum atomic E-state index is 13.5. The third-order valence-corrected chi connectivity index (χ3v) is 17.6. The molecule has 0 spiro atoms. The van der Waals surface area contributed by atoms with Gasteiger partial charge in [-0.3, -0.25) is 38.7 Å². The Morgan fingerprint density at radius 3 is 1.26 bits per heavy atom. The minimum atomic E-state index is -4.58. The fraction of sp³-hybridized carbons (Fsp3) is 0.268. The number of rotatable bonds is 22. The summed E-state index contributed by atoms with van der Waals surface area (Å²) in [6.45, 7) is 3.58. The highest BCUT2D eigenvalue weighted by Crippen LogP contribution is 2.37. The van der Waals surface area contributed by atoms with Crippen LogP contribution in [0.4, 0.5) is 60.5 Å². The molecule has 2 aromatic heterocycles. The number of hydrogen-bond donors (Lipinski definition) is 5. The summed E-state index contributed by atoms with van der Waals surface area (Å²) in [5.74, 6) is -0.943. The molecule has 494 valence electrons. The Balaban J connectivity index is 0.000000223. The van der Waals surface area contributed by atoms with E-state index < -0.39 is 41.3 Å². The highest BCUT2D eigenvalue weighted by Gasteiger charge is 2.32. The Kier molecular flexibility index (Phi) is 24.1. The maximum absolute atomic E-state index is 13.5. The van der Waals surface area contributed by atoms with E-state index in [1.165, 1.54) is 55.5 Å². The number of carbonyl (C=O) groups excluding carboxylic acids is 5. The molecular weight excluding hydrogens is 1270 g/mol. The van der Waals surface area contributed by atoms with Crippen LogP contribution in [0.1, 0.15) is 115 Å². The Morgan fingerprint density at radius 1 is 0.474 bits per heavy atom. The summed E-state index contributed by atoms with van der Waals surface area (Å²) >= 11 is 3.04. The van der Waals surface area contributed by atoms with Crippen LogP contribution in [0.25, 0.3) is 22.5 Å². The third kappa shape index (κ3) is 20.2. The first kappa shape index (κ1) is 69.7. The number of nitrogens with one attached hydrogen (secondary N) is 4. The molecule has 95 heavy (non-hydrogen) atoms. The van der Waals surface area contributed by atoms with E-state index in [9.17, 15) is 55.1 Å². The number of ether oxygens (including phenoxy) is 1. The average molecular weight is 1340 g/mol. The topological polar surface area (TPSA) is 212 Å². The summed E-state index contributed by atoms with van der Waals surface area (Å²) in [6, 6.07) is 40.6. The van der Waals surface area contributed by atoms with Crippen molar-refractivity contribution in [3.05, 3.63) is 215 Å². The van der Waals surface area contributed by atoms with E-state index >= 15 is 0 Å². The lowest BCUT2D eigenvalue weighted by molar-refractivity contribution is -0.140. The molecule has 10 rings (SSSR count). The van der Waals surface area contributed by atoms with Gasteiger partial charge in [0.15, 0.2) is 0 Å². The van der Waals surface area contributed by atoms with Gasteiger partial charge in [-0.15, -0.1) is 0 Å². The number of carboxylic acid groups (broad SMARTS) is 1. The minimum Gasteiger partial charge on any atom is -0.481 e. The van der Waals surface area contributed by atoms with E-state index in [4.69, 9.17) is 5.11 Å². The van der Waals surface area contributed by atoms with E-state index in [0.717, 1.165) is 111 Å². The predicted molar refractivity (Wildman–Crippen MR) is 360 cm³/mol. The summed E-state index contributed by atoms with van der Waals surface area (Å²) in [7, 11) is 1.36. The summed E-state index contributed by atoms with van der Waals surface area (Å²) in [4.78, 5) is 88.6. The molecule has 5 N–H and O–H groups in total. The number of aromatic nitrogens is 2.